The first-order chi connectivity index (χ1) is 10.6. The van der Waals surface area contributed by atoms with Gasteiger partial charge in [0.2, 0.25) is 0 Å². The summed E-state index contributed by atoms with van der Waals surface area (Å²) in [5.74, 6) is 0.0469. The normalized spacial score (nSPS) is 15.6. The first-order valence-corrected chi connectivity index (χ1v) is 7.72. The summed E-state index contributed by atoms with van der Waals surface area (Å²) >= 11 is 0. The lowest BCUT2D eigenvalue weighted by Crippen LogP contribution is -2.30. The fourth-order valence-corrected chi connectivity index (χ4v) is 1.65. The molecular weight excluding hydrogens is 279 g/mol. The number of nitrogens with one attached hydrogen (secondary N) is 1. The largest absolute Gasteiger partial charge is 0.345 e. The number of amides is 1. The lowest BCUT2D eigenvalue weighted by molar-refractivity contribution is 0.0827. The number of rotatable bonds is 1. The predicted molar refractivity (Wildman–Crippen MR) is 94.1 cm³/mol. The van der Waals surface area contributed by atoms with Gasteiger partial charge in [-0.1, -0.05) is 32.0 Å². The van der Waals surface area contributed by atoms with Crippen molar-refractivity contribution in [3.63, 3.8) is 0 Å². The quantitative estimate of drug-likeness (QED) is 0.797. The van der Waals surface area contributed by atoms with Crippen LogP contribution >= 0.6 is 0 Å². The molecule has 1 aliphatic heterocycles. The van der Waals surface area contributed by atoms with Crippen molar-refractivity contribution in [1.82, 2.24) is 10.2 Å². The Bertz CT molecular complexity index is 363. The summed E-state index contributed by atoms with van der Waals surface area (Å²) in [4.78, 5) is 12.8. The number of hydrogen-bond acceptors (Lipinski definition) is 2. The molecule has 1 aromatic rings. The summed E-state index contributed by atoms with van der Waals surface area (Å²) < 4.78 is 12.1. The van der Waals surface area contributed by atoms with Gasteiger partial charge in [-0.05, 0) is 31.5 Å². The molecule has 3 nitrogen and oxygen atoms in total. The Morgan fingerprint density at radius 1 is 1.23 bits per heavy atom. The van der Waals surface area contributed by atoms with Gasteiger partial charge in [0.1, 0.15) is 6.17 Å². The molecule has 1 fully saturated rings. The third-order valence-electron chi connectivity index (χ3n) is 2.66. The van der Waals surface area contributed by atoms with Crippen LogP contribution in [0, 0.1) is 0 Å². The molecule has 1 saturated heterocycles. The summed E-state index contributed by atoms with van der Waals surface area (Å²) in [6.07, 6.45) is 1.18. The number of benzene rings is 1. The first-order valence-electron chi connectivity index (χ1n) is 7.72. The predicted octanol–water partition coefficient (Wildman–Crippen LogP) is 3.92. The van der Waals surface area contributed by atoms with E-state index in [0.717, 1.165) is 24.9 Å². The van der Waals surface area contributed by atoms with Crippen molar-refractivity contribution < 1.29 is 9.18 Å². The van der Waals surface area contributed by atoms with E-state index in [2.05, 4.69) is 18.5 Å². The Hall–Kier alpha value is -1.68. The average Bonchev–Trinajstić information content (AvgIpc) is 2.60. The SMILES string of the molecule is C=C.CC.CN(C)C(=O)c1ccccc1.FC1CCCNC1. The van der Waals surface area contributed by atoms with Crippen molar-refractivity contribution in [2.24, 2.45) is 0 Å². The molecule has 22 heavy (non-hydrogen) atoms. The Morgan fingerprint density at radius 3 is 2.09 bits per heavy atom. The number of halogens is 1. The van der Waals surface area contributed by atoms with Crippen molar-refractivity contribution in [3.05, 3.63) is 49.1 Å². The van der Waals surface area contributed by atoms with Crippen LogP contribution in [0.4, 0.5) is 4.39 Å². The molecular formula is C18H31FN2O. The van der Waals surface area contributed by atoms with E-state index in [1.807, 2.05) is 44.2 Å². The summed E-state index contributed by atoms with van der Waals surface area (Å²) in [6, 6.07) is 9.23. The van der Waals surface area contributed by atoms with Crippen LogP contribution in [0.3, 0.4) is 0 Å². The number of carbonyl (C=O) groups is 1. The highest BCUT2D eigenvalue weighted by Gasteiger charge is 2.09. The van der Waals surface area contributed by atoms with Crippen LogP contribution in [0.2, 0.25) is 0 Å². The molecule has 1 heterocycles. The highest BCUT2D eigenvalue weighted by atomic mass is 19.1. The molecule has 126 valence electrons. The van der Waals surface area contributed by atoms with E-state index in [0.29, 0.717) is 6.54 Å². The lowest BCUT2D eigenvalue weighted by Gasteiger charge is -2.14. The van der Waals surface area contributed by atoms with Crippen LogP contribution in [0.1, 0.15) is 37.0 Å². The van der Waals surface area contributed by atoms with Crippen molar-refractivity contribution in [2.45, 2.75) is 32.9 Å². The lowest BCUT2D eigenvalue weighted by atomic mass is 10.1. The van der Waals surface area contributed by atoms with Crippen LogP contribution in [0.15, 0.2) is 43.5 Å². The van der Waals surface area contributed by atoms with Gasteiger partial charge >= 0.3 is 0 Å². The van der Waals surface area contributed by atoms with E-state index in [-0.39, 0.29) is 5.91 Å². The Balaban J connectivity index is 0. The Kier molecular flexibility index (Phi) is 16.1. The summed E-state index contributed by atoms with van der Waals surface area (Å²) in [5, 5.41) is 2.96. The van der Waals surface area contributed by atoms with Gasteiger partial charge in [0.05, 0.1) is 0 Å². The van der Waals surface area contributed by atoms with Crippen LogP contribution in [0.25, 0.3) is 0 Å². The molecule has 2 rings (SSSR count). The zero-order valence-electron chi connectivity index (χ0n) is 14.4. The van der Waals surface area contributed by atoms with Gasteiger partial charge in [-0.15, -0.1) is 13.2 Å². The van der Waals surface area contributed by atoms with Gasteiger partial charge < -0.3 is 10.2 Å². The average molecular weight is 310 g/mol. The van der Waals surface area contributed by atoms with E-state index < -0.39 is 6.17 Å². The molecule has 1 atom stereocenters. The summed E-state index contributed by atoms with van der Waals surface area (Å²) in [5.41, 5.74) is 0.734. The molecule has 0 radical (unpaired) electrons. The van der Waals surface area contributed by atoms with E-state index in [9.17, 15) is 9.18 Å². The van der Waals surface area contributed by atoms with Gasteiger partial charge in [-0.2, -0.15) is 0 Å². The Morgan fingerprint density at radius 2 is 1.77 bits per heavy atom. The Labute approximate surface area is 135 Å². The molecule has 0 bridgehead atoms. The minimum atomic E-state index is -0.575. The van der Waals surface area contributed by atoms with Gasteiger partial charge in [0.25, 0.3) is 5.91 Å². The molecule has 1 amide bonds. The van der Waals surface area contributed by atoms with E-state index in [1.54, 1.807) is 19.0 Å². The second kappa shape index (κ2) is 15.7. The van der Waals surface area contributed by atoms with Crippen molar-refractivity contribution >= 4 is 5.91 Å². The number of hydrogen-bond donors (Lipinski definition) is 1. The van der Waals surface area contributed by atoms with Crippen molar-refractivity contribution in [3.8, 4) is 0 Å². The minimum absolute atomic E-state index is 0.0469. The van der Waals surface area contributed by atoms with Gasteiger partial charge in [-0.3, -0.25) is 4.79 Å². The van der Waals surface area contributed by atoms with Crippen molar-refractivity contribution in [2.75, 3.05) is 27.2 Å². The maximum atomic E-state index is 12.1. The molecule has 0 aliphatic carbocycles. The molecule has 4 heteroatoms. The van der Waals surface area contributed by atoms with E-state index >= 15 is 0 Å². The summed E-state index contributed by atoms with van der Waals surface area (Å²) in [6.45, 7) is 11.6. The highest BCUT2D eigenvalue weighted by Crippen LogP contribution is 2.03. The standard InChI is InChI=1S/C9H11NO.C5H10FN.C2H6.C2H4/c1-10(2)9(11)8-6-4-3-5-7-8;6-5-2-1-3-7-4-5;2*1-2/h3-7H,1-2H3;5,7H,1-4H2;1-2H3;1-2H2. The van der Waals surface area contributed by atoms with Crippen LogP contribution in [-0.4, -0.2) is 44.2 Å². The molecule has 1 aromatic carbocycles. The first kappa shape index (κ1) is 22.6. The zero-order valence-corrected chi connectivity index (χ0v) is 14.4. The van der Waals surface area contributed by atoms with Gasteiger partial charge in [-0.25, -0.2) is 4.39 Å². The monoisotopic (exact) mass is 310 g/mol. The summed E-state index contributed by atoms with van der Waals surface area (Å²) in [7, 11) is 3.49. The van der Waals surface area contributed by atoms with E-state index in [4.69, 9.17) is 0 Å². The van der Waals surface area contributed by atoms with Crippen LogP contribution < -0.4 is 5.32 Å². The highest BCUT2D eigenvalue weighted by molar-refractivity contribution is 5.93. The van der Waals surface area contributed by atoms with E-state index in [1.165, 1.54) is 0 Å². The molecule has 0 spiro atoms. The number of alkyl halides is 1. The second-order valence-electron chi connectivity index (χ2n) is 4.51. The van der Waals surface area contributed by atoms with Crippen LogP contribution in [0.5, 0.6) is 0 Å². The van der Waals surface area contributed by atoms with Crippen LogP contribution in [-0.2, 0) is 0 Å². The smallest absolute Gasteiger partial charge is 0.253 e. The third kappa shape index (κ3) is 11.0. The fourth-order valence-electron chi connectivity index (χ4n) is 1.65. The fraction of sp³-hybridized carbons (Fsp3) is 0.500. The molecule has 1 N–H and O–H groups in total. The molecule has 0 aromatic heterocycles. The van der Waals surface area contributed by atoms with Crippen molar-refractivity contribution in [1.29, 1.82) is 0 Å². The minimum Gasteiger partial charge on any atom is -0.345 e. The number of piperidine rings is 1. The zero-order chi connectivity index (χ0) is 17.4. The third-order valence-corrected chi connectivity index (χ3v) is 2.66. The second-order valence-corrected chi connectivity index (χ2v) is 4.51. The van der Waals surface area contributed by atoms with Gasteiger partial charge in [0.15, 0.2) is 0 Å². The maximum absolute atomic E-state index is 12.1. The molecule has 0 saturated carbocycles. The maximum Gasteiger partial charge on any atom is 0.253 e. The molecule has 1 unspecified atom stereocenters. The number of carbonyl (C=O) groups excluding carboxylic acids is 1. The molecule has 1 aliphatic rings. The number of nitrogens with zero attached hydrogens (tertiary/aromatic N) is 1. The topological polar surface area (TPSA) is 32.3 Å². The van der Waals surface area contributed by atoms with Gasteiger partial charge in [0, 0.05) is 26.2 Å².